The highest BCUT2D eigenvalue weighted by Crippen LogP contribution is 2.40. The Morgan fingerprint density at radius 1 is 1.20 bits per heavy atom. The van der Waals surface area contributed by atoms with Crippen LogP contribution in [0.25, 0.3) is 5.65 Å². The number of aromatic nitrogens is 3. The summed E-state index contributed by atoms with van der Waals surface area (Å²) in [5, 5.41) is 7.07. The average molecular weight is 492 g/mol. The number of nitrogens with zero attached hydrogens (tertiary/aromatic N) is 4. The Hall–Kier alpha value is -2.78. The zero-order valence-corrected chi connectivity index (χ0v) is 20.8. The van der Waals surface area contributed by atoms with Crippen LogP contribution in [0.4, 0.5) is 13.6 Å². The quantitative estimate of drug-likeness (QED) is 0.670. The maximum absolute atomic E-state index is 13.8. The summed E-state index contributed by atoms with van der Waals surface area (Å²) in [5.41, 5.74) is 1.19. The Bertz CT molecular complexity index is 1060. The van der Waals surface area contributed by atoms with Gasteiger partial charge in [-0.25, -0.2) is 23.1 Å². The molecule has 1 saturated heterocycles. The summed E-state index contributed by atoms with van der Waals surface area (Å²) >= 11 is 0. The summed E-state index contributed by atoms with van der Waals surface area (Å²) in [4.78, 5) is 31.3. The number of alkyl carbamates (subject to hydrolysis) is 1. The van der Waals surface area contributed by atoms with Crippen molar-refractivity contribution in [2.75, 3.05) is 13.1 Å². The first-order valence-electron chi connectivity index (χ1n) is 12.4. The Morgan fingerprint density at radius 3 is 2.54 bits per heavy atom. The highest BCUT2D eigenvalue weighted by molar-refractivity contribution is 5.86. The molecule has 1 aliphatic heterocycles. The number of fused-ring (bicyclic) bond motifs is 1. The lowest BCUT2D eigenvalue weighted by Crippen LogP contribution is -2.54. The van der Waals surface area contributed by atoms with Crippen LogP contribution < -0.4 is 5.32 Å². The zero-order chi connectivity index (χ0) is 25.4. The minimum atomic E-state index is -2.89. The van der Waals surface area contributed by atoms with E-state index in [1.807, 2.05) is 23.6 Å². The molecule has 2 fully saturated rings. The number of carbonyl (C=O) groups excluding carboxylic acids is 2. The second kappa shape index (κ2) is 9.70. The fraction of sp³-hybridized carbons (Fsp3) is 0.680. The molecule has 4 rings (SSSR count). The average Bonchev–Trinajstić information content (AvgIpc) is 3.41. The van der Waals surface area contributed by atoms with E-state index in [9.17, 15) is 18.4 Å². The van der Waals surface area contributed by atoms with E-state index >= 15 is 0 Å². The minimum Gasteiger partial charge on any atom is -0.444 e. The number of hydrogen-bond donors (Lipinski definition) is 1. The highest BCUT2D eigenvalue weighted by atomic mass is 19.3. The molecule has 1 N–H and O–H groups in total. The van der Waals surface area contributed by atoms with Crippen molar-refractivity contribution in [1.82, 2.24) is 24.8 Å². The van der Waals surface area contributed by atoms with Gasteiger partial charge in [-0.05, 0) is 70.4 Å². The van der Waals surface area contributed by atoms with Crippen LogP contribution in [0.3, 0.4) is 0 Å². The van der Waals surface area contributed by atoms with Crippen LogP contribution in [0.1, 0.15) is 71.4 Å². The van der Waals surface area contributed by atoms with Crippen LogP contribution in [0, 0.1) is 11.8 Å². The molecule has 2 aromatic rings. The second-order valence-corrected chi connectivity index (χ2v) is 10.9. The van der Waals surface area contributed by atoms with E-state index in [2.05, 4.69) is 21.5 Å². The molecule has 2 atom stereocenters. The summed E-state index contributed by atoms with van der Waals surface area (Å²) in [6, 6.07) is 5.06. The number of ether oxygens (including phenoxy) is 1. The van der Waals surface area contributed by atoms with Gasteiger partial charge in [0.15, 0.2) is 5.65 Å². The molecule has 1 aliphatic carbocycles. The third-order valence-electron chi connectivity index (χ3n) is 7.21. The van der Waals surface area contributed by atoms with Crippen molar-refractivity contribution in [1.29, 1.82) is 0 Å². The van der Waals surface area contributed by atoms with Gasteiger partial charge in [0.2, 0.25) is 5.91 Å². The molecule has 10 heteroatoms. The standard InChI is InChI=1S/C25H35F2N5O3/c1-16(17-8-10-18(11-9-17)19-6-5-7-20-28-15-29-32(19)20)21(30-23(34)35-24(2,3)4)22(33)31-13-12-25(26,27)14-31/h5-7,15-18,21H,8-14H2,1-4H3,(H,30,34)/t16-,17?,18?,21-/m0/s1. The minimum absolute atomic E-state index is 0.0142. The molecule has 3 heterocycles. The Balaban J connectivity index is 1.46. The lowest BCUT2D eigenvalue weighted by atomic mass is 9.73. The van der Waals surface area contributed by atoms with Crippen LogP contribution >= 0.6 is 0 Å². The van der Waals surface area contributed by atoms with Gasteiger partial charge in [-0.15, -0.1) is 0 Å². The van der Waals surface area contributed by atoms with E-state index in [1.165, 1.54) is 4.90 Å². The maximum Gasteiger partial charge on any atom is 0.408 e. The molecule has 2 aromatic heterocycles. The van der Waals surface area contributed by atoms with E-state index in [-0.39, 0.29) is 24.8 Å². The number of halogens is 2. The smallest absolute Gasteiger partial charge is 0.408 e. The molecular formula is C25H35F2N5O3. The number of rotatable bonds is 5. The number of nitrogens with one attached hydrogen (secondary N) is 1. The fourth-order valence-electron chi connectivity index (χ4n) is 5.36. The number of pyridine rings is 1. The third kappa shape index (κ3) is 5.90. The van der Waals surface area contributed by atoms with Gasteiger partial charge in [0.1, 0.15) is 18.0 Å². The van der Waals surface area contributed by atoms with Crippen molar-refractivity contribution in [3.63, 3.8) is 0 Å². The highest BCUT2D eigenvalue weighted by Gasteiger charge is 2.44. The predicted octanol–water partition coefficient (Wildman–Crippen LogP) is 4.40. The summed E-state index contributed by atoms with van der Waals surface area (Å²) < 4.78 is 34.9. The molecule has 8 nitrogen and oxygen atoms in total. The molecule has 0 unspecified atom stereocenters. The molecule has 192 valence electrons. The van der Waals surface area contributed by atoms with Crippen molar-refractivity contribution in [3.8, 4) is 0 Å². The van der Waals surface area contributed by atoms with Crippen LogP contribution in [0.5, 0.6) is 0 Å². The predicted molar refractivity (Wildman–Crippen MR) is 126 cm³/mol. The summed E-state index contributed by atoms with van der Waals surface area (Å²) in [6.07, 6.45) is 4.00. The van der Waals surface area contributed by atoms with Gasteiger partial charge < -0.3 is 15.0 Å². The van der Waals surface area contributed by atoms with Crippen molar-refractivity contribution >= 4 is 17.6 Å². The van der Waals surface area contributed by atoms with Crippen LogP contribution in [-0.2, 0) is 9.53 Å². The molecule has 1 saturated carbocycles. The van der Waals surface area contributed by atoms with E-state index in [1.54, 1.807) is 27.1 Å². The van der Waals surface area contributed by atoms with Crippen LogP contribution in [0.15, 0.2) is 24.5 Å². The molecule has 0 aromatic carbocycles. The number of alkyl halides is 2. The van der Waals surface area contributed by atoms with Crippen molar-refractivity contribution in [2.24, 2.45) is 11.8 Å². The molecule has 0 spiro atoms. The lowest BCUT2D eigenvalue weighted by molar-refractivity contribution is -0.135. The first kappa shape index (κ1) is 25.3. The first-order valence-corrected chi connectivity index (χ1v) is 12.4. The van der Waals surface area contributed by atoms with Crippen molar-refractivity contribution in [3.05, 3.63) is 30.2 Å². The number of amides is 2. The topological polar surface area (TPSA) is 88.8 Å². The monoisotopic (exact) mass is 491 g/mol. The van der Waals surface area contributed by atoms with E-state index in [4.69, 9.17) is 4.74 Å². The number of hydrogen-bond acceptors (Lipinski definition) is 5. The maximum atomic E-state index is 13.8. The number of carbonyl (C=O) groups is 2. The second-order valence-electron chi connectivity index (χ2n) is 10.9. The molecular weight excluding hydrogens is 456 g/mol. The summed E-state index contributed by atoms with van der Waals surface area (Å²) in [5.74, 6) is -3.11. The van der Waals surface area contributed by atoms with E-state index < -0.39 is 36.1 Å². The van der Waals surface area contributed by atoms with Crippen LogP contribution in [0.2, 0.25) is 0 Å². The Labute approximate surface area is 204 Å². The van der Waals surface area contributed by atoms with E-state index in [0.717, 1.165) is 37.0 Å². The largest absolute Gasteiger partial charge is 0.444 e. The zero-order valence-electron chi connectivity index (χ0n) is 20.8. The Morgan fingerprint density at radius 2 is 1.91 bits per heavy atom. The molecule has 2 aliphatic rings. The van der Waals surface area contributed by atoms with Gasteiger partial charge in [0.05, 0.1) is 6.54 Å². The van der Waals surface area contributed by atoms with Gasteiger partial charge in [0.25, 0.3) is 5.92 Å². The number of likely N-dealkylation sites (tertiary alicyclic amines) is 1. The van der Waals surface area contributed by atoms with Gasteiger partial charge in [-0.3, -0.25) is 4.79 Å². The Kier molecular flexibility index (Phi) is 7.02. The summed E-state index contributed by atoms with van der Waals surface area (Å²) in [7, 11) is 0. The van der Waals surface area contributed by atoms with Crippen molar-refractivity contribution < 1.29 is 23.1 Å². The van der Waals surface area contributed by atoms with E-state index in [0.29, 0.717) is 5.92 Å². The van der Waals surface area contributed by atoms with Crippen LogP contribution in [-0.4, -0.2) is 62.2 Å². The normalized spacial score (nSPS) is 24.2. The SMILES string of the molecule is C[C@@H](C1CCC(c2cccc3ncnn23)CC1)[C@H](NC(=O)OC(C)(C)C)C(=O)N1CCC(F)(F)C1. The van der Waals surface area contributed by atoms with Gasteiger partial charge in [0, 0.05) is 24.6 Å². The van der Waals surface area contributed by atoms with Gasteiger partial charge in [-0.1, -0.05) is 13.0 Å². The fourth-order valence-corrected chi connectivity index (χ4v) is 5.36. The van der Waals surface area contributed by atoms with Gasteiger partial charge >= 0.3 is 6.09 Å². The first-order chi connectivity index (χ1) is 16.4. The van der Waals surface area contributed by atoms with Gasteiger partial charge in [-0.2, -0.15) is 5.10 Å². The van der Waals surface area contributed by atoms with Crippen molar-refractivity contribution in [2.45, 2.75) is 83.3 Å². The molecule has 0 bridgehead atoms. The molecule has 35 heavy (non-hydrogen) atoms. The lowest BCUT2D eigenvalue weighted by Gasteiger charge is -2.37. The summed E-state index contributed by atoms with van der Waals surface area (Å²) in [6.45, 7) is 6.52. The third-order valence-corrected chi connectivity index (χ3v) is 7.21. The molecule has 2 amide bonds. The molecule has 0 radical (unpaired) electrons.